The maximum Gasteiger partial charge on any atom is 0.331 e. The van der Waals surface area contributed by atoms with Gasteiger partial charge in [-0.05, 0) is 19.3 Å². The summed E-state index contributed by atoms with van der Waals surface area (Å²) in [4.78, 5) is 18.5. The van der Waals surface area contributed by atoms with Crippen molar-refractivity contribution in [1.82, 2.24) is 0 Å². The van der Waals surface area contributed by atoms with Gasteiger partial charge in [-0.2, -0.15) is 0 Å². The Morgan fingerprint density at radius 3 is 1.88 bits per heavy atom. The highest BCUT2D eigenvalue weighted by molar-refractivity contribution is 7.52. The maximum atomic E-state index is 11.3. The molecular formula is C11H27O4P. The summed E-state index contributed by atoms with van der Waals surface area (Å²) in [5.41, 5.74) is -2.14. The summed E-state index contributed by atoms with van der Waals surface area (Å²) in [6.45, 7) is 5.49. The van der Waals surface area contributed by atoms with E-state index in [9.17, 15) is 19.5 Å². The number of aliphatic hydroxyl groups is 1. The van der Waals surface area contributed by atoms with Crippen LogP contribution in [0.15, 0.2) is 0 Å². The van der Waals surface area contributed by atoms with Crippen molar-refractivity contribution >= 4 is 7.60 Å². The van der Waals surface area contributed by atoms with Crippen molar-refractivity contribution in [3.63, 3.8) is 0 Å². The van der Waals surface area contributed by atoms with E-state index in [0.29, 0.717) is 19.3 Å². The SMILES string of the molecule is C.CCCCC(C(O)(CC)CC)P(=O)(O)O. The van der Waals surface area contributed by atoms with Crippen molar-refractivity contribution in [2.24, 2.45) is 0 Å². The lowest BCUT2D eigenvalue weighted by Crippen LogP contribution is -2.41. The zero-order valence-corrected chi connectivity index (χ0v) is 10.7. The average molecular weight is 254 g/mol. The van der Waals surface area contributed by atoms with Crippen LogP contribution in [0.5, 0.6) is 0 Å². The van der Waals surface area contributed by atoms with Crippen molar-refractivity contribution in [1.29, 1.82) is 0 Å². The molecule has 0 aliphatic carbocycles. The fourth-order valence-corrected chi connectivity index (χ4v) is 3.38. The maximum absolute atomic E-state index is 11.3. The highest BCUT2D eigenvalue weighted by atomic mass is 31.2. The van der Waals surface area contributed by atoms with Gasteiger partial charge in [0.15, 0.2) is 0 Å². The molecule has 0 rings (SSSR count). The van der Waals surface area contributed by atoms with Crippen LogP contribution in [0.3, 0.4) is 0 Å². The summed E-state index contributed by atoms with van der Waals surface area (Å²) < 4.78 is 11.3. The van der Waals surface area contributed by atoms with E-state index in [4.69, 9.17) is 0 Å². The molecule has 1 atom stereocenters. The van der Waals surface area contributed by atoms with E-state index in [-0.39, 0.29) is 7.43 Å². The first-order chi connectivity index (χ1) is 6.81. The molecule has 16 heavy (non-hydrogen) atoms. The van der Waals surface area contributed by atoms with Crippen molar-refractivity contribution in [2.75, 3.05) is 0 Å². The highest BCUT2D eigenvalue weighted by Gasteiger charge is 2.43. The summed E-state index contributed by atoms with van der Waals surface area (Å²) in [5, 5.41) is 10.2. The number of unbranched alkanes of at least 4 members (excludes halogenated alkanes) is 1. The van der Waals surface area contributed by atoms with Gasteiger partial charge < -0.3 is 14.9 Å². The van der Waals surface area contributed by atoms with Crippen LogP contribution in [0, 0.1) is 0 Å². The van der Waals surface area contributed by atoms with Gasteiger partial charge in [0.1, 0.15) is 0 Å². The highest BCUT2D eigenvalue weighted by Crippen LogP contribution is 2.50. The summed E-state index contributed by atoms with van der Waals surface area (Å²) >= 11 is 0. The van der Waals surface area contributed by atoms with E-state index in [1.54, 1.807) is 13.8 Å². The Kier molecular flexibility index (Phi) is 8.59. The Hall–Kier alpha value is 0.110. The Morgan fingerprint density at radius 2 is 1.62 bits per heavy atom. The molecule has 0 amide bonds. The minimum Gasteiger partial charge on any atom is -0.389 e. The second-order valence-electron chi connectivity index (χ2n) is 4.06. The first kappa shape index (κ1) is 18.5. The first-order valence-electron chi connectivity index (χ1n) is 5.59. The van der Waals surface area contributed by atoms with Crippen LogP contribution >= 0.6 is 7.60 Å². The van der Waals surface area contributed by atoms with Gasteiger partial charge >= 0.3 is 7.60 Å². The summed E-state index contributed by atoms with van der Waals surface area (Å²) in [6.07, 6.45) is 2.75. The lowest BCUT2D eigenvalue weighted by atomic mass is 9.90. The molecule has 0 aliphatic heterocycles. The molecule has 0 bridgehead atoms. The van der Waals surface area contributed by atoms with Crippen LogP contribution in [-0.4, -0.2) is 26.2 Å². The number of rotatable bonds is 7. The fraction of sp³-hybridized carbons (Fsp3) is 1.00. The van der Waals surface area contributed by atoms with Crippen molar-refractivity contribution in [2.45, 2.75) is 71.6 Å². The Labute approximate surface area is 99.2 Å². The van der Waals surface area contributed by atoms with Crippen LogP contribution in [0.2, 0.25) is 0 Å². The Bertz CT molecular complexity index is 220. The van der Waals surface area contributed by atoms with Gasteiger partial charge in [0, 0.05) is 0 Å². The summed E-state index contributed by atoms with van der Waals surface area (Å²) in [7, 11) is -4.21. The third-order valence-corrected chi connectivity index (χ3v) is 4.63. The average Bonchev–Trinajstić information content (AvgIpc) is 2.16. The molecule has 0 aromatic carbocycles. The molecule has 3 N–H and O–H groups in total. The van der Waals surface area contributed by atoms with Crippen molar-refractivity contribution in [3.05, 3.63) is 0 Å². The van der Waals surface area contributed by atoms with E-state index in [0.717, 1.165) is 12.8 Å². The van der Waals surface area contributed by atoms with E-state index in [1.165, 1.54) is 0 Å². The standard InChI is InChI=1S/C10H23O4P.CH4/c1-4-7-8-9(15(12,13)14)10(11,5-2)6-3;/h9,11H,4-8H2,1-3H3,(H2,12,13,14);1H4. The second kappa shape index (κ2) is 7.44. The van der Waals surface area contributed by atoms with Crippen LogP contribution < -0.4 is 0 Å². The van der Waals surface area contributed by atoms with E-state index in [2.05, 4.69) is 0 Å². The molecule has 0 saturated heterocycles. The molecule has 0 spiro atoms. The molecule has 1 unspecified atom stereocenters. The Morgan fingerprint density at radius 1 is 1.19 bits per heavy atom. The molecule has 5 heteroatoms. The van der Waals surface area contributed by atoms with Gasteiger partial charge in [-0.3, -0.25) is 4.57 Å². The van der Waals surface area contributed by atoms with E-state index >= 15 is 0 Å². The molecule has 0 saturated carbocycles. The minimum absolute atomic E-state index is 0. The molecule has 0 heterocycles. The number of hydrogen-bond donors (Lipinski definition) is 3. The molecule has 100 valence electrons. The topological polar surface area (TPSA) is 77.8 Å². The minimum atomic E-state index is -4.21. The van der Waals surface area contributed by atoms with Crippen LogP contribution in [0.4, 0.5) is 0 Å². The zero-order chi connectivity index (χ0) is 12.1. The van der Waals surface area contributed by atoms with Crippen LogP contribution in [0.25, 0.3) is 0 Å². The van der Waals surface area contributed by atoms with Gasteiger partial charge in [0.2, 0.25) is 0 Å². The van der Waals surface area contributed by atoms with Gasteiger partial charge in [0.25, 0.3) is 0 Å². The summed E-state index contributed by atoms with van der Waals surface area (Å²) in [6, 6.07) is 0. The quantitative estimate of drug-likeness (QED) is 0.610. The largest absolute Gasteiger partial charge is 0.389 e. The van der Waals surface area contributed by atoms with Gasteiger partial charge in [-0.15, -0.1) is 0 Å². The van der Waals surface area contributed by atoms with Crippen LogP contribution in [-0.2, 0) is 4.57 Å². The smallest absolute Gasteiger partial charge is 0.331 e. The Balaban J connectivity index is 0. The van der Waals surface area contributed by atoms with Gasteiger partial charge in [-0.25, -0.2) is 0 Å². The van der Waals surface area contributed by atoms with Gasteiger partial charge in [0.05, 0.1) is 11.3 Å². The normalized spacial score (nSPS) is 14.4. The van der Waals surface area contributed by atoms with Crippen LogP contribution in [0.1, 0.15) is 60.3 Å². The van der Waals surface area contributed by atoms with Gasteiger partial charge in [-0.1, -0.05) is 41.0 Å². The molecule has 0 aromatic rings. The molecule has 0 aliphatic rings. The first-order valence-corrected chi connectivity index (χ1v) is 7.27. The third kappa shape index (κ3) is 4.96. The lowest BCUT2D eigenvalue weighted by molar-refractivity contribution is 0.0182. The predicted molar refractivity (Wildman–Crippen MR) is 67.6 cm³/mol. The van der Waals surface area contributed by atoms with Crippen molar-refractivity contribution < 1.29 is 19.5 Å². The number of hydrogen-bond acceptors (Lipinski definition) is 2. The van der Waals surface area contributed by atoms with E-state index < -0.39 is 18.9 Å². The predicted octanol–water partition coefficient (Wildman–Crippen LogP) is 2.91. The van der Waals surface area contributed by atoms with E-state index in [1.807, 2.05) is 6.92 Å². The molecule has 0 aromatic heterocycles. The molecule has 4 nitrogen and oxygen atoms in total. The monoisotopic (exact) mass is 254 g/mol. The second-order valence-corrected chi connectivity index (χ2v) is 5.86. The summed E-state index contributed by atoms with van der Waals surface area (Å²) in [5.74, 6) is 0. The molecule has 0 fully saturated rings. The molecular weight excluding hydrogens is 227 g/mol. The fourth-order valence-electron chi connectivity index (χ4n) is 1.87. The van der Waals surface area contributed by atoms with Crippen molar-refractivity contribution in [3.8, 4) is 0 Å². The molecule has 0 radical (unpaired) electrons. The zero-order valence-electron chi connectivity index (χ0n) is 9.81. The lowest BCUT2D eigenvalue weighted by Gasteiger charge is -2.35. The third-order valence-electron chi connectivity index (χ3n) is 3.08.